The number of hydrogen-bond acceptors (Lipinski definition) is 7. The van der Waals surface area contributed by atoms with E-state index in [0.29, 0.717) is 32.1 Å². The maximum Gasteiger partial charge on any atom is 0.415 e. The summed E-state index contributed by atoms with van der Waals surface area (Å²) in [6.07, 6.45) is 7.32. The average Bonchev–Trinajstić information content (AvgIpc) is 3.27. The van der Waals surface area contributed by atoms with Gasteiger partial charge < -0.3 is 14.4 Å². The van der Waals surface area contributed by atoms with Crippen LogP contribution in [0.4, 0.5) is 10.6 Å². The highest BCUT2D eigenvalue weighted by molar-refractivity contribution is 7.89. The Bertz CT molecular complexity index is 940. The number of nitrogens with zero attached hydrogens (tertiary/aromatic N) is 4. The van der Waals surface area contributed by atoms with E-state index >= 15 is 0 Å². The van der Waals surface area contributed by atoms with Gasteiger partial charge in [0.2, 0.25) is 10.0 Å². The maximum absolute atomic E-state index is 13.4. The van der Waals surface area contributed by atoms with Crippen LogP contribution in [-0.2, 0) is 19.5 Å². The average molecular weight is 479 g/mol. The van der Waals surface area contributed by atoms with Gasteiger partial charge in [0.1, 0.15) is 17.3 Å². The Kier molecular flexibility index (Phi) is 6.61. The lowest BCUT2D eigenvalue weighted by Crippen LogP contribution is -2.51. The van der Waals surface area contributed by atoms with E-state index in [4.69, 9.17) is 9.47 Å². The highest BCUT2D eigenvalue weighted by atomic mass is 32.2. The summed E-state index contributed by atoms with van der Waals surface area (Å²) in [6, 6.07) is 3.15. The molecule has 4 aliphatic heterocycles. The topological polar surface area (TPSA) is 92.3 Å². The number of pyridine rings is 1. The van der Waals surface area contributed by atoms with Crippen LogP contribution in [0.2, 0.25) is 0 Å². The van der Waals surface area contributed by atoms with Crippen molar-refractivity contribution in [3.05, 3.63) is 18.3 Å². The largest absolute Gasteiger partial charge is 0.447 e. The summed E-state index contributed by atoms with van der Waals surface area (Å²) >= 11 is 0. The zero-order valence-corrected chi connectivity index (χ0v) is 20.0. The molecule has 4 fully saturated rings. The number of piperidine rings is 2. The molecule has 9 nitrogen and oxygen atoms in total. The van der Waals surface area contributed by atoms with Crippen molar-refractivity contribution in [2.45, 2.75) is 43.4 Å². The SMILES string of the molecule is O=C1OCCN1c1ccc(S(=O)(=O)N2CCCC3(CCN(CC4CCOCC4)CC3)C2)cn1. The molecule has 182 valence electrons. The summed E-state index contributed by atoms with van der Waals surface area (Å²) < 4.78 is 38.9. The van der Waals surface area contributed by atoms with Crippen LogP contribution in [0.3, 0.4) is 0 Å². The van der Waals surface area contributed by atoms with Crippen LogP contribution in [0.25, 0.3) is 0 Å². The van der Waals surface area contributed by atoms with Crippen molar-refractivity contribution in [3.8, 4) is 0 Å². The van der Waals surface area contributed by atoms with Crippen LogP contribution in [-0.4, -0.2) is 87.8 Å². The minimum atomic E-state index is -3.62. The fourth-order valence-corrected chi connectivity index (χ4v) is 7.25. The Morgan fingerprint density at radius 1 is 1.03 bits per heavy atom. The molecule has 1 spiro atoms. The molecule has 0 aromatic carbocycles. The summed E-state index contributed by atoms with van der Waals surface area (Å²) in [6.45, 7) is 6.89. The van der Waals surface area contributed by atoms with Crippen molar-refractivity contribution in [1.82, 2.24) is 14.2 Å². The maximum atomic E-state index is 13.4. The van der Waals surface area contributed by atoms with Crippen LogP contribution in [0.1, 0.15) is 38.5 Å². The van der Waals surface area contributed by atoms with Gasteiger partial charge in [0.25, 0.3) is 0 Å². The number of hydrogen-bond donors (Lipinski definition) is 0. The van der Waals surface area contributed by atoms with Crippen LogP contribution >= 0.6 is 0 Å². The minimum Gasteiger partial charge on any atom is -0.447 e. The van der Waals surface area contributed by atoms with Gasteiger partial charge in [-0.25, -0.2) is 18.2 Å². The molecule has 5 heterocycles. The molecule has 0 unspecified atom stereocenters. The van der Waals surface area contributed by atoms with Crippen LogP contribution in [0.5, 0.6) is 0 Å². The molecular formula is C23H34N4O5S. The van der Waals surface area contributed by atoms with E-state index in [0.717, 1.165) is 77.3 Å². The highest BCUT2D eigenvalue weighted by Crippen LogP contribution is 2.41. The van der Waals surface area contributed by atoms with Gasteiger partial charge in [-0.1, -0.05) is 0 Å². The second-order valence-corrected chi connectivity index (χ2v) is 11.9. The molecule has 4 aliphatic rings. The summed E-state index contributed by atoms with van der Waals surface area (Å²) in [4.78, 5) is 20.2. The predicted molar refractivity (Wildman–Crippen MR) is 123 cm³/mol. The lowest BCUT2D eigenvalue weighted by Gasteiger charge is -2.47. The second-order valence-electron chi connectivity index (χ2n) is 9.92. The Morgan fingerprint density at radius 2 is 1.82 bits per heavy atom. The lowest BCUT2D eigenvalue weighted by molar-refractivity contribution is 0.0220. The summed E-state index contributed by atoms with van der Waals surface area (Å²) in [5, 5.41) is 0. The number of ether oxygens (including phenoxy) is 2. The molecule has 0 aliphatic carbocycles. The quantitative estimate of drug-likeness (QED) is 0.641. The van der Waals surface area contributed by atoms with E-state index < -0.39 is 16.1 Å². The molecule has 0 saturated carbocycles. The molecular weight excluding hydrogens is 444 g/mol. The zero-order valence-electron chi connectivity index (χ0n) is 19.2. The first-order chi connectivity index (χ1) is 16.0. The van der Waals surface area contributed by atoms with Gasteiger partial charge in [-0.2, -0.15) is 4.31 Å². The van der Waals surface area contributed by atoms with E-state index in [1.165, 1.54) is 11.1 Å². The smallest absolute Gasteiger partial charge is 0.415 e. The number of rotatable bonds is 5. The van der Waals surface area contributed by atoms with Gasteiger partial charge in [-0.3, -0.25) is 4.90 Å². The van der Waals surface area contributed by atoms with Crippen molar-refractivity contribution in [1.29, 1.82) is 0 Å². The Hall–Kier alpha value is -1.75. The molecule has 1 amide bonds. The van der Waals surface area contributed by atoms with Crippen molar-refractivity contribution in [2.24, 2.45) is 11.3 Å². The molecule has 1 aromatic heterocycles. The van der Waals surface area contributed by atoms with Crippen molar-refractivity contribution >= 4 is 21.9 Å². The molecule has 0 bridgehead atoms. The molecule has 0 atom stereocenters. The molecule has 0 N–H and O–H groups in total. The number of cyclic esters (lactones) is 1. The summed E-state index contributed by atoms with van der Waals surface area (Å²) in [5.41, 5.74) is 0.0736. The molecule has 1 aromatic rings. The monoisotopic (exact) mass is 478 g/mol. The van der Waals surface area contributed by atoms with Gasteiger partial charge in [-0.15, -0.1) is 0 Å². The first kappa shape index (κ1) is 23.0. The third-order valence-corrected chi connectivity index (χ3v) is 9.62. The summed E-state index contributed by atoms with van der Waals surface area (Å²) in [7, 11) is -3.62. The zero-order chi connectivity index (χ0) is 22.9. The van der Waals surface area contributed by atoms with Gasteiger partial charge in [-0.05, 0) is 75.1 Å². The number of amides is 1. The van der Waals surface area contributed by atoms with Gasteiger partial charge in [0.05, 0.1) is 6.54 Å². The molecule has 5 rings (SSSR count). The van der Waals surface area contributed by atoms with Crippen LogP contribution < -0.4 is 4.90 Å². The lowest BCUT2D eigenvalue weighted by atomic mass is 9.73. The first-order valence-electron chi connectivity index (χ1n) is 12.2. The van der Waals surface area contributed by atoms with E-state index in [-0.39, 0.29) is 10.3 Å². The van der Waals surface area contributed by atoms with E-state index in [9.17, 15) is 13.2 Å². The van der Waals surface area contributed by atoms with Crippen LogP contribution in [0, 0.1) is 11.3 Å². The Morgan fingerprint density at radius 3 is 2.48 bits per heavy atom. The molecule has 10 heteroatoms. The summed E-state index contributed by atoms with van der Waals surface area (Å²) in [5.74, 6) is 1.15. The number of likely N-dealkylation sites (tertiary alicyclic amines) is 1. The molecule has 33 heavy (non-hydrogen) atoms. The van der Waals surface area contributed by atoms with Gasteiger partial charge in [0, 0.05) is 39.0 Å². The fourth-order valence-electron chi connectivity index (χ4n) is 5.72. The van der Waals surface area contributed by atoms with E-state index in [2.05, 4.69) is 9.88 Å². The highest BCUT2D eigenvalue weighted by Gasteiger charge is 2.42. The fraction of sp³-hybridized carbons (Fsp3) is 0.739. The van der Waals surface area contributed by atoms with Gasteiger partial charge >= 0.3 is 6.09 Å². The predicted octanol–water partition coefficient (Wildman–Crippen LogP) is 2.33. The number of anilines is 1. The molecule has 4 saturated heterocycles. The third kappa shape index (κ3) is 4.89. The van der Waals surface area contributed by atoms with Crippen LogP contribution in [0.15, 0.2) is 23.2 Å². The Labute approximate surface area is 196 Å². The number of carbonyl (C=O) groups excluding carboxylic acids is 1. The Balaban J connectivity index is 1.21. The molecule has 0 radical (unpaired) electrons. The van der Waals surface area contributed by atoms with Crippen molar-refractivity contribution < 1.29 is 22.7 Å². The standard InChI is InChI=1S/C23H34N4O5S/c28-22-27(12-15-32-22)21-3-2-20(16-24-21)33(29,30)26-9-1-6-23(18-26)7-10-25(11-8-23)17-19-4-13-31-14-5-19/h2-3,16,19H,1,4-15,17-18H2. The normalized spacial score (nSPS) is 25.5. The van der Waals surface area contributed by atoms with Crippen molar-refractivity contribution in [2.75, 3.05) is 64.0 Å². The van der Waals surface area contributed by atoms with Gasteiger partial charge in [0.15, 0.2) is 0 Å². The van der Waals surface area contributed by atoms with Crippen molar-refractivity contribution in [3.63, 3.8) is 0 Å². The second kappa shape index (κ2) is 9.48. The minimum absolute atomic E-state index is 0.0736. The van der Waals surface area contributed by atoms with E-state index in [1.807, 2.05) is 0 Å². The first-order valence-corrected chi connectivity index (χ1v) is 13.6. The third-order valence-electron chi connectivity index (χ3n) is 7.80. The number of carbonyl (C=O) groups is 1. The number of sulfonamides is 1. The number of aromatic nitrogens is 1. The van der Waals surface area contributed by atoms with E-state index in [1.54, 1.807) is 16.4 Å².